The van der Waals surface area contributed by atoms with E-state index in [0.29, 0.717) is 0 Å². The predicted octanol–water partition coefficient (Wildman–Crippen LogP) is 1.25. The van der Waals surface area contributed by atoms with Gasteiger partial charge in [-0.1, -0.05) is 5.21 Å². The molecule has 12 heavy (non-hydrogen) atoms. The van der Waals surface area contributed by atoms with Crippen LogP contribution in [0.25, 0.3) is 11.0 Å². The third kappa shape index (κ3) is 0.861. The number of rotatable bonds is 0. The van der Waals surface area contributed by atoms with Gasteiger partial charge in [0.25, 0.3) is 0 Å². The van der Waals surface area contributed by atoms with E-state index in [1.54, 1.807) is 7.05 Å². The fourth-order valence-corrected chi connectivity index (χ4v) is 1.11. The standard InChI is InChI=1S/C7H5F2N3/c1-12-7-5(9)2-4(8)3-6(7)10-11-12/h2-3H,1H3. The molecule has 0 saturated heterocycles. The van der Waals surface area contributed by atoms with E-state index >= 15 is 0 Å². The zero-order valence-corrected chi connectivity index (χ0v) is 6.25. The molecule has 62 valence electrons. The second-order valence-electron chi connectivity index (χ2n) is 2.47. The maximum atomic E-state index is 13.0. The summed E-state index contributed by atoms with van der Waals surface area (Å²) in [6, 6.07) is 1.96. The lowest BCUT2D eigenvalue weighted by molar-refractivity contribution is 0.586. The lowest BCUT2D eigenvalue weighted by atomic mass is 10.3. The summed E-state index contributed by atoms with van der Waals surface area (Å²) in [5.74, 6) is -1.28. The summed E-state index contributed by atoms with van der Waals surface area (Å²) in [5, 5.41) is 7.13. The third-order valence-corrected chi connectivity index (χ3v) is 1.62. The molecule has 0 amide bonds. The number of fused-ring (bicyclic) bond motifs is 1. The fraction of sp³-hybridized carbons (Fsp3) is 0.143. The SMILES string of the molecule is Cn1nnc2cc(F)cc(F)c21. The van der Waals surface area contributed by atoms with Crippen LogP contribution < -0.4 is 0 Å². The van der Waals surface area contributed by atoms with Crippen molar-refractivity contribution >= 4 is 11.0 Å². The van der Waals surface area contributed by atoms with E-state index in [0.717, 1.165) is 12.1 Å². The van der Waals surface area contributed by atoms with Gasteiger partial charge in [0.05, 0.1) is 0 Å². The van der Waals surface area contributed by atoms with Gasteiger partial charge in [-0.05, 0) is 0 Å². The Morgan fingerprint density at radius 2 is 2.08 bits per heavy atom. The van der Waals surface area contributed by atoms with E-state index in [4.69, 9.17) is 0 Å². The first kappa shape index (κ1) is 7.15. The fourth-order valence-electron chi connectivity index (χ4n) is 1.11. The molecule has 0 N–H and O–H groups in total. The van der Waals surface area contributed by atoms with Gasteiger partial charge in [0, 0.05) is 19.2 Å². The third-order valence-electron chi connectivity index (χ3n) is 1.62. The van der Waals surface area contributed by atoms with Crippen molar-refractivity contribution in [3.63, 3.8) is 0 Å². The normalized spacial score (nSPS) is 10.9. The average Bonchev–Trinajstić information content (AvgIpc) is 2.31. The second kappa shape index (κ2) is 2.23. The first-order valence-electron chi connectivity index (χ1n) is 3.33. The Morgan fingerprint density at radius 1 is 1.33 bits per heavy atom. The van der Waals surface area contributed by atoms with Crippen molar-refractivity contribution in [2.24, 2.45) is 7.05 Å². The maximum absolute atomic E-state index is 13.0. The van der Waals surface area contributed by atoms with Gasteiger partial charge in [0.2, 0.25) is 0 Å². The Hall–Kier alpha value is -1.52. The van der Waals surface area contributed by atoms with Gasteiger partial charge in [0.1, 0.15) is 16.9 Å². The highest BCUT2D eigenvalue weighted by Crippen LogP contribution is 2.15. The summed E-state index contributed by atoms with van der Waals surface area (Å²) in [6.07, 6.45) is 0. The Morgan fingerprint density at radius 3 is 2.83 bits per heavy atom. The van der Waals surface area contributed by atoms with Crippen molar-refractivity contribution in [1.29, 1.82) is 0 Å². The number of benzene rings is 1. The van der Waals surface area contributed by atoms with Crippen LogP contribution >= 0.6 is 0 Å². The molecule has 0 aliphatic rings. The molecule has 0 aliphatic heterocycles. The largest absolute Gasteiger partial charge is 0.245 e. The van der Waals surface area contributed by atoms with Gasteiger partial charge in [-0.3, -0.25) is 0 Å². The van der Waals surface area contributed by atoms with Gasteiger partial charge in [-0.15, -0.1) is 5.10 Å². The molecule has 3 nitrogen and oxygen atoms in total. The van der Waals surface area contributed by atoms with Crippen molar-refractivity contribution < 1.29 is 8.78 Å². The highest BCUT2D eigenvalue weighted by molar-refractivity contribution is 5.74. The van der Waals surface area contributed by atoms with E-state index in [1.807, 2.05) is 0 Å². The van der Waals surface area contributed by atoms with Gasteiger partial charge in [-0.2, -0.15) is 0 Å². The number of hydrogen-bond donors (Lipinski definition) is 0. The molecule has 0 unspecified atom stereocenters. The molecule has 0 bridgehead atoms. The topological polar surface area (TPSA) is 30.7 Å². The van der Waals surface area contributed by atoms with E-state index in [-0.39, 0.29) is 11.0 Å². The minimum Gasteiger partial charge on any atom is -0.245 e. The van der Waals surface area contributed by atoms with Crippen molar-refractivity contribution in [1.82, 2.24) is 15.0 Å². The van der Waals surface area contributed by atoms with E-state index < -0.39 is 11.6 Å². The molecular weight excluding hydrogens is 164 g/mol. The van der Waals surface area contributed by atoms with Crippen molar-refractivity contribution in [3.05, 3.63) is 23.8 Å². The average molecular weight is 169 g/mol. The lowest BCUT2D eigenvalue weighted by Crippen LogP contribution is -1.92. The zero-order chi connectivity index (χ0) is 8.72. The Labute approximate surface area is 66.6 Å². The molecule has 0 radical (unpaired) electrons. The zero-order valence-electron chi connectivity index (χ0n) is 6.25. The van der Waals surface area contributed by atoms with Crippen LogP contribution in [-0.2, 0) is 7.05 Å². The van der Waals surface area contributed by atoms with Gasteiger partial charge < -0.3 is 0 Å². The van der Waals surface area contributed by atoms with Crippen molar-refractivity contribution in [3.8, 4) is 0 Å². The summed E-state index contributed by atoms with van der Waals surface area (Å²) in [7, 11) is 1.55. The number of nitrogens with zero attached hydrogens (tertiary/aromatic N) is 3. The van der Waals surface area contributed by atoms with Crippen molar-refractivity contribution in [2.45, 2.75) is 0 Å². The summed E-state index contributed by atoms with van der Waals surface area (Å²) in [6.45, 7) is 0. The van der Waals surface area contributed by atoms with Crippen LogP contribution in [-0.4, -0.2) is 15.0 Å². The van der Waals surface area contributed by atoms with Crippen LogP contribution in [0.1, 0.15) is 0 Å². The molecule has 2 rings (SSSR count). The molecule has 0 atom stereocenters. The Bertz CT molecular complexity index is 435. The molecule has 2 aromatic rings. The second-order valence-corrected chi connectivity index (χ2v) is 2.47. The van der Waals surface area contributed by atoms with Gasteiger partial charge in [-0.25, -0.2) is 13.5 Å². The van der Waals surface area contributed by atoms with Gasteiger partial charge >= 0.3 is 0 Å². The minimum atomic E-state index is -0.641. The van der Waals surface area contributed by atoms with Gasteiger partial charge in [0.15, 0.2) is 5.82 Å². The Balaban J connectivity index is 2.93. The number of aromatic nitrogens is 3. The van der Waals surface area contributed by atoms with Crippen LogP contribution in [0.2, 0.25) is 0 Å². The summed E-state index contributed by atoms with van der Waals surface area (Å²) in [5.41, 5.74) is 0.450. The highest BCUT2D eigenvalue weighted by Gasteiger charge is 2.08. The maximum Gasteiger partial charge on any atom is 0.153 e. The molecule has 0 fully saturated rings. The highest BCUT2D eigenvalue weighted by atomic mass is 19.1. The summed E-state index contributed by atoms with van der Waals surface area (Å²) >= 11 is 0. The molecule has 0 aliphatic carbocycles. The number of hydrogen-bond acceptors (Lipinski definition) is 2. The van der Waals surface area contributed by atoms with Crippen LogP contribution in [0, 0.1) is 11.6 Å². The van der Waals surface area contributed by atoms with E-state index in [2.05, 4.69) is 10.3 Å². The molecule has 1 aromatic carbocycles. The predicted molar refractivity (Wildman–Crippen MR) is 38.4 cm³/mol. The minimum absolute atomic E-state index is 0.219. The quantitative estimate of drug-likeness (QED) is 0.594. The molecule has 1 heterocycles. The smallest absolute Gasteiger partial charge is 0.153 e. The van der Waals surface area contributed by atoms with Crippen LogP contribution in [0.15, 0.2) is 12.1 Å². The molecule has 0 saturated carbocycles. The molecular formula is C7H5F2N3. The summed E-state index contributed by atoms with van der Waals surface area (Å²) < 4.78 is 26.9. The number of aryl methyl sites for hydroxylation is 1. The van der Waals surface area contributed by atoms with Crippen LogP contribution in [0.5, 0.6) is 0 Å². The van der Waals surface area contributed by atoms with E-state index in [1.165, 1.54) is 4.68 Å². The van der Waals surface area contributed by atoms with Crippen molar-refractivity contribution in [2.75, 3.05) is 0 Å². The monoisotopic (exact) mass is 169 g/mol. The lowest BCUT2D eigenvalue weighted by Gasteiger charge is -1.93. The Kier molecular flexibility index (Phi) is 1.33. The first-order valence-corrected chi connectivity index (χ1v) is 3.33. The van der Waals surface area contributed by atoms with Crippen LogP contribution in [0.3, 0.4) is 0 Å². The molecule has 1 aromatic heterocycles. The van der Waals surface area contributed by atoms with Crippen LogP contribution in [0.4, 0.5) is 8.78 Å². The molecule has 0 spiro atoms. The number of halogens is 2. The molecule has 5 heteroatoms. The van der Waals surface area contributed by atoms with E-state index in [9.17, 15) is 8.78 Å². The first-order chi connectivity index (χ1) is 5.68. The summed E-state index contributed by atoms with van der Waals surface area (Å²) in [4.78, 5) is 0.